The average Bonchev–Trinajstić information content (AvgIpc) is 3.27. The van der Waals surface area contributed by atoms with Crippen molar-refractivity contribution in [3.63, 3.8) is 0 Å². The van der Waals surface area contributed by atoms with E-state index in [0.29, 0.717) is 17.2 Å². The van der Waals surface area contributed by atoms with Crippen LogP contribution in [-0.4, -0.2) is 45.8 Å². The van der Waals surface area contributed by atoms with Crippen molar-refractivity contribution in [1.29, 1.82) is 0 Å². The number of aromatic nitrogens is 4. The number of halogens is 1. The SMILES string of the molecule is Cc1cn2cc(Nc3n[nH]c4c(C)c(N5CCNCC5)ccc34)cc(F)c2n1. The highest BCUT2D eigenvalue weighted by Gasteiger charge is 2.17. The summed E-state index contributed by atoms with van der Waals surface area (Å²) in [5, 5.41) is 15.2. The van der Waals surface area contributed by atoms with Gasteiger partial charge in [-0.1, -0.05) is 0 Å². The third-order valence-corrected chi connectivity index (χ3v) is 5.32. The molecule has 7 nitrogen and oxygen atoms in total. The summed E-state index contributed by atoms with van der Waals surface area (Å²) in [5.74, 6) is 0.315. The molecule has 0 unspecified atom stereocenters. The van der Waals surface area contributed by atoms with Gasteiger partial charge in [0.05, 0.1) is 16.9 Å². The van der Waals surface area contributed by atoms with Crippen LogP contribution in [0.4, 0.5) is 21.6 Å². The number of H-pyrrole nitrogens is 1. The van der Waals surface area contributed by atoms with Crippen LogP contribution in [0.1, 0.15) is 11.3 Å². The highest BCUT2D eigenvalue weighted by atomic mass is 19.1. The number of hydrogen-bond donors (Lipinski definition) is 3. The Balaban J connectivity index is 1.51. The van der Waals surface area contributed by atoms with Crippen LogP contribution in [-0.2, 0) is 0 Å². The zero-order valence-electron chi connectivity index (χ0n) is 15.9. The van der Waals surface area contributed by atoms with Crippen LogP contribution in [0.25, 0.3) is 16.6 Å². The van der Waals surface area contributed by atoms with E-state index in [1.54, 1.807) is 10.6 Å². The molecule has 1 fully saturated rings. The summed E-state index contributed by atoms with van der Waals surface area (Å²) in [6, 6.07) is 5.67. The molecule has 0 spiro atoms. The van der Waals surface area contributed by atoms with Gasteiger partial charge in [-0.25, -0.2) is 9.37 Å². The van der Waals surface area contributed by atoms with E-state index in [1.807, 2.05) is 13.1 Å². The number of rotatable bonds is 3. The number of pyridine rings is 1. The molecule has 1 aromatic carbocycles. The standard InChI is InChI=1S/C20H22FN7/c1-12-10-28-11-14(9-16(21)20(28)23-12)24-19-15-3-4-17(13(2)18(15)25-26-19)27-7-5-22-6-8-27/h3-4,9-11,22H,5-8H2,1-2H3,(H2,24,25,26). The lowest BCUT2D eigenvalue weighted by Crippen LogP contribution is -2.43. The van der Waals surface area contributed by atoms with Crippen molar-refractivity contribution in [2.24, 2.45) is 0 Å². The number of imidazole rings is 1. The molecule has 1 aliphatic rings. The predicted molar refractivity (Wildman–Crippen MR) is 109 cm³/mol. The van der Waals surface area contributed by atoms with E-state index in [9.17, 15) is 4.39 Å². The van der Waals surface area contributed by atoms with Crippen LogP contribution >= 0.6 is 0 Å². The Morgan fingerprint density at radius 3 is 2.79 bits per heavy atom. The van der Waals surface area contributed by atoms with Gasteiger partial charge in [-0.3, -0.25) is 5.10 Å². The molecule has 0 radical (unpaired) electrons. The molecule has 3 aromatic heterocycles. The number of fused-ring (bicyclic) bond motifs is 2. The van der Waals surface area contributed by atoms with Crippen molar-refractivity contribution < 1.29 is 4.39 Å². The summed E-state index contributed by atoms with van der Waals surface area (Å²) >= 11 is 0. The molecular formula is C20H22FN7. The molecule has 1 saturated heterocycles. The third kappa shape index (κ3) is 2.77. The van der Waals surface area contributed by atoms with Gasteiger partial charge in [-0.2, -0.15) is 5.10 Å². The molecule has 144 valence electrons. The molecule has 0 bridgehead atoms. The summed E-state index contributed by atoms with van der Waals surface area (Å²) < 4.78 is 16.1. The zero-order valence-corrected chi connectivity index (χ0v) is 15.9. The quantitative estimate of drug-likeness (QED) is 0.510. The monoisotopic (exact) mass is 379 g/mol. The van der Waals surface area contributed by atoms with E-state index in [4.69, 9.17) is 0 Å². The second kappa shape index (κ2) is 6.49. The fourth-order valence-electron chi connectivity index (χ4n) is 3.94. The topological polar surface area (TPSA) is 73.3 Å². The summed E-state index contributed by atoms with van der Waals surface area (Å²) in [4.78, 5) is 6.59. The molecule has 1 aliphatic heterocycles. The summed E-state index contributed by atoms with van der Waals surface area (Å²) in [5.41, 5.74) is 5.12. The van der Waals surface area contributed by atoms with Crippen LogP contribution in [0.3, 0.4) is 0 Å². The first-order valence-corrected chi connectivity index (χ1v) is 9.45. The molecule has 0 aliphatic carbocycles. The number of benzene rings is 1. The Morgan fingerprint density at radius 2 is 1.96 bits per heavy atom. The van der Waals surface area contributed by atoms with E-state index in [2.05, 4.69) is 49.8 Å². The predicted octanol–water partition coefficient (Wildman–Crippen LogP) is 3.12. The van der Waals surface area contributed by atoms with Crippen LogP contribution in [0.15, 0.2) is 30.6 Å². The number of aryl methyl sites for hydroxylation is 2. The molecular weight excluding hydrogens is 357 g/mol. The highest BCUT2D eigenvalue weighted by molar-refractivity contribution is 5.96. The fraction of sp³-hybridized carbons (Fsp3) is 0.300. The van der Waals surface area contributed by atoms with E-state index in [0.717, 1.165) is 42.8 Å². The van der Waals surface area contributed by atoms with E-state index in [1.165, 1.54) is 17.3 Å². The van der Waals surface area contributed by atoms with Crippen LogP contribution in [0.5, 0.6) is 0 Å². The average molecular weight is 379 g/mol. The second-order valence-electron chi connectivity index (χ2n) is 7.26. The minimum atomic E-state index is -0.366. The molecule has 4 aromatic rings. The number of nitrogens with one attached hydrogen (secondary N) is 3. The van der Waals surface area contributed by atoms with Gasteiger partial charge in [0, 0.05) is 55.7 Å². The van der Waals surface area contributed by atoms with Gasteiger partial charge in [0.15, 0.2) is 17.3 Å². The highest BCUT2D eigenvalue weighted by Crippen LogP contribution is 2.32. The fourth-order valence-corrected chi connectivity index (χ4v) is 3.94. The number of piperazine rings is 1. The molecule has 28 heavy (non-hydrogen) atoms. The lowest BCUT2D eigenvalue weighted by Gasteiger charge is -2.30. The van der Waals surface area contributed by atoms with E-state index >= 15 is 0 Å². The first-order valence-electron chi connectivity index (χ1n) is 9.45. The lowest BCUT2D eigenvalue weighted by atomic mass is 10.1. The van der Waals surface area contributed by atoms with Crippen LogP contribution < -0.4 is 15.5 Å². The van der Waals surface area contributed by atoms with Gasteiger partial charge in [0.1, 0.15) is 0 Å². The van der Waals surface area contributed by atoms with Gasteiger partial charge in [-0.15, -0.1) is 0 Å². The van der Waals surface area contributed by atoms with Crippen molar-refractivity contribution in [3.05, 3.63) is 47.7 Å². The van der Waals surface area contributed by atoms with Crippen molar-refractivity contribution in [2.75, 3.05) is 36.4 Å². The largest absolute Gasteiger partial charge is 0.369 e. The Labute approximate surface area is 161 Å². The molecule has 5 rings (SSSR count). The normalized spacial score (nSPS) is 14.9. The Bertz CT molecular complexity index is 1170. The molecule has 0 saturated carbocycles. The molecule has 0 amide bonds. The molecule has 4 heterocycles. The maximum atomic E-state index is 14.4. The van der Waals surface area contributed by atoms with Gasteiger partial charge in [-0.05, 0) is 31.5 Å². The Kier molecular flexibility index (Phi) is 3.94. The van der Waals surface area contributed by atoms with Crippen molar-refractivity contribution in [1.82, 2.24) is 24.9 Å². The Hall–Kier alpha value is -3.13. The number of anilines is 3. The number of hydrogen-bond acceptors (Lipinski definition) is 5. The summed E-state index contributed by atoms with van der Waals surface area (Å²) in [7, 11) is 0. The Morgan fingerprint density at radius 1 is 1.14 bits per heavy atom. The van der Waals surface area contributed by atoms with Crippen molar-refractivity contribution in [2.45, 2.75) is 13.8 Å². The maximum Gasteiger partial charge on any atom is 0.173 e. The van der Waals surface area contributed by atoms with Crippen LogP contribution in [0, 0.1) is 19.7 Å². The second-order valence-corrected chi connectivity index (χ2v) is 7.26. The smallest absolute Gasteiger partial charge is 0.173 e. The lowest BCUT2D eigenvalue weighted by molar-refractivity contribution is 0.588. The van der Waals surface area contributed by atoms with Gasteiger partial charge >= 0.3 is 0 Å². The van der Waals surface area contributed by atoms with Crippen molar-refractivity contribution >= 4 is 33.7 Å². The molecule has 0 atom stereocenters. The van der Waals surface area contributed by atoms with Gasteiger partial charge < -0.3 is 19.9 Å². The first kappa shape index (κ1) is 17.0. The minimum absolute atomic E-state index is 0.325. The summed E-state index contributed by atoms with van der Waals surface area (Å²) in [6.45, 7) is 7.94. The van der Waals surface area contributed by atoms with E-state index < -0.39 is 0 Å². The summed E-state index contributed by atoms with van der Waals surface area (Å²) in [6.07, 6.45) is 3.62. The van der Waals surface area contributed by atoms with Crippen LogP contribution in [0.2, 0.25) is 0 Å². The molecule has 8 heteroatoms. The number of aromatic amines is 1. The number of nitrogens with zero attached hydrogens (tertiary/aromatic N) is 4. The van der Waals surface area contributed by atoms with Crippen molar-refractivity contribution in [3.8, 4) is 0 Å². The minimum Gasteiger partial charge on any atom is -0.369 e. The third-order valence-electron chi connectivity index (χ3n) is 5.32. The maximum absolute atomic E-state index is 14.4. The molecule has 3 N–H and O–H groups in total. The van der Waals surface area contributed by atoms with E-state index in [-0.39, 0.29) is 5.82 Å². The zero-order chi connectivity index (χ0) is 19.3. The van der Waals surface area contributed by atoms with Gasteiger partial charge in [0.25, 0.3) is 0 Å². The first-order chi connectivity index (χ1) is 13.6. The van der Waals surface area contributed by atoms with Gasteiger partial charge in [0.2, 0.25) is 0 Å².